The van der Waals surface area contributed by atoms with Crippen LogP contribution in [0.3, 0.4) is 0 Å². The Morgan fingerprint density at radius 2 is 0.864 bits per heavy atom. The summed E-state index contributed by atoms with van der Waals surface area (Å²) >= 11 is 3.49. The molecule has 0 radical (unpaired) electrons. The van der Waals surface area contributed by atoms with E-state index in [-0.39, 0.29) is 0 Å². The highest BCUT2D eigenvalue weighted by molar-refractivity contribution is 8.02. The maximum atomic E-state index is 5.74. The monoisotopic (exact) mass is 324 g/mol. The van der Waals surface area contributed by atoms with Crippen LogP contribution in [0.4, 0.5) is 11.4 Å². The summed E-state index contributed by atoms with van der Waals surface area (Å²) in [6, 6.07) is 24.3. The maximum Gasteiger partial charge on any atom is 0.0314 e. The van der Waals surface area contributed by atoms with Crippen molar-refractivity contribution < 1.29 is 0 Å². The van der Waals surface area contributed by atoms with Gasteiger partial charge in [0.15, 0.2) is 0 Å². The Kier molecular flexibility index (Phi) is 4.61. The van der Waals surface area contributed by atoms with E-state index in [2.05, 4.69) is 24.3 Å². The molecule has 0 aliphatic rings. The zero-order chi connectivity index (χ0) is 15.4. The number of nitrogen functional groups attached to an aromatic ring is 2. The molecule has 2 nitrogen and oxygen atoms in total. The summed E-state index contributed by atoms with van der Waals surface area (Å²) in [5.74, 6) is 0. The third-order valence-corrected chi connectivity index (χ3v) is 5.36. The van der Waals surface area contributed by atoms with E-state index in [0.29, 0.717) is 0 Å². The van der Waals surface area contributed by atoms with Crippen LogP contribution in [-0.4, -0.2) is 0 Å². The second-order valence-electron chi connectivity index (χ2n) is 4.79. The molecule has 0 aliphatic heterocycles. The largest absolute Gasteiger partial charge is 0.399 e. The number of rotatable bonds is 4. The Hall–Kier alpha value is -2.04. The van der Waals surface area contributed by atoms with Crippen LogP contribution in [0.25, 0.3) is 0 Å². The van der Waals surface area contributed by atoms with Crippen LogP contribution >= 0.6 is 23.5 Å². The van der Waals surface area contributed by atoms with E-state index in [4.69, 9.17) is 11.5 Å². The number of benzene rings is 3. The average Bonchev–Trinajstić information content (AvgIpc) is 2.54. The van der Waals surface area contributed by atoms with E-state index in [9.17, 15) is 0 Å². The van der Waals surface area contributed by atoms with E-state index in [0.717, 1.165) is 11.4 Å². The molecule has 0 spiro atoms. The van der Waals surface area contributed by atoms with Crippen molar-refractivity contribution >= 4 is 34.9 Å². The van der Waals surface area contributed by atoms with Crippen molar-refractivity contribution in [1.29, 1.82) is 0 Å². The molecule has 4 heteroatoms. The second-order valence-corrected chi connectivity index (χ2v) is 7.02. The van der Waals surface area contributed by atoms with Gasteiger partial charge in [0.1, 0.15) is 0 Å². The summed E-state index contributed by atoms with van der Waals surface area (Å²) in [4.78, 5) is 4.82. The fraction of sp³-hybridized carbons (Fsp3) is 0. The van der Waals surface area contributed by atoms with Crippen LogP contribution in [0.15, 0.2) is 92.4 Å². The molecular formula is C18H16N2S2. The molecule has 0 amide bonds. The predicted molar refractivity (Wildman–Crippen MR) is 96.4 cm³/mol. The van der Waals surface area contributed by atoms with Gasteiger partial charge in [-0.05, 0) is 60.7 Å². The molecule has 0 aliphatic carbocycles. The first kappa shape index (κ1) is 14.9. The van der Waals surface area contributed by atoms with Gasteiger partial charge in [0.05, 0.1) is 0 Å². The summed E-state index contributed by atoms with van der Waals surface area (Å²) in [7, 11) is 0. The molecule has 0 heterocycles. The first-order valence-electron chi connectivity index (χ1n) is 6.86. The standard InChI is InChI=1S/C18H16N2S2/c19-13-5-9-15(10-6-13)21-17-3-1-2-4-18(17)22-16-11-7-14(20)8-12-16/h1-12H,19-20H2. The Morgan fingerprint density at radius 3 is 1.23 bits per heavy atom. The number of nitrogens with two attached hydrogens (primary N) is 2. The Bertz CT molecular complexity index is 686. The van der Waals surface area contributed by atoms with Crippen LogP contribution in [0.2, 0.25) is 0 Å². The van der Waals surface area contributed by atoms with Crippen LogP contribution < -0.4 is 11.5 Å². The zero-order valence-corrected chi connectivity index (χ0v) is 13.5. The van der Waals surface area contributed by atoms with E-state index in [1.807, 2.05) is 48.5 Å². The number of hydrogen-bond donors (Lipinski definition) is 2. The summed E-state index contributed by atoms with van der Waals surface area (Å²) in [5.41, 5.74) is 13.1. The van der Waals surface area contributed by atoms with Gasteiger partial charge >= 0.3 is 0 Å². The normalized spacial score (nSPS) is 10.5. The van der Waals surface area contributed by atoms with Crippen molar-refractivity contribution in [2.45, 2.75) is 19.6 Å². The van der Waals surface area contributed by atoms with Crippen molar-refractivity contribution in [2.75, 3.05) is 11.5 Å². The van der Waals surface area contributed by atoms with E-state index in [1.165, 1.54) is 19.6 Å². The minimum Gasteiger partial charge on any atom is -0.399 e. The molecule has 0 atom stereocenters. The van der Waals surface area contributed by atoms with E-state index < -0.39 is 0 Å². The summed E-state index contributed by atoms with van der Waals surface area (Å²) in [6.07, 6.45) is 0. The predicted octanol–water partition coefficient (Wildman–Crippen LogP) is 5.15. The Labute approximate surface area is 138 Å². The smallest absolute Gasteiger partial charge is 0.0314 e. The van der Waals surface area contributed by atoms with Crippen LogP contribution in [0, 0.1) is 0 Å². The van der Waals surface area contributed by atoms with Gasteiger partial charge in [-0.15, -0.1) is 0 Å². The molecule has 0 unspecified atom stereocenters. The molecule has 0 saturated carbocycles. The van der Waals surface area contributed by atoms with Crippen molar-refractivity contribution in [3.8, 4) is 0 Å². The molecule has 0 aromatic heterocycles. The van der Waals surface area contributed by atoms with Gasteiger partial charge in [-0.25, -0.2) is 0 Å². The number of anilines is 2. The van der Waals surface area contributed by atoms with Crippen LogP contribution in [-0.2, 0) is 0 Å². The van der Waals surface area contributed by atoms with Gasteiger partial charge < -0.3 is 11.5 Å². The maximum absolute atomic E-state index is 5.74. The third-order valence-electron chi connectivity index (χ3n) is 3.06. The second kappa shape index (κ2) is 6.81. The summed E-state index contributed by atoms with van der Waals surface area (Å²) in [5, 5.41) is 0. The van der Waals surface area contributed by atoms with Gasteiger partial charge in [0.2, 0.25) is 0 Å². The van der Waals surface area contributed by atoms with Gasteiger partial charge in [-0.1, -0.05) is 35.7 Å². The highest BCUT2D eigenvalue weighted by Crippen LogP contribution is 2.38. The van der Waals surface area contributed by atoms with Gasteiger partial charge in [-0.2, -0.15) is 0 Å². The number of hydrogen-bond acceptors (Lipinski definition) is 4. The molecule has 3 rings (SSSR count). The highest BCUT2D eigenvalue weighted by atomic mass is 32.2. The van der Waals surface area contributed by atoms with Gasteiger partial charge in [0.25, 0.3) is 0 Å². The van der Waals surface area contributed by atoms with E-state index >= 15 is 0 Å². The van der Waals surface area contributed by atoms with Crippen molar-refractivity contribution in [3.63, 3.8) is 0 Å². The first-order valence-corrected chi connectivity index (χ1v) is 8.50. The van der Waals surface area contributed by atoms with Gasteiger partial charge in [0, 0.05) is 31.0 Å². The van der Waals surface area contributed by atoms with Crippen molar-refractivity contribution in [3.05, 3.63) is 72.8 Å². The van der Waals surface area contributed by atoms with Crippen LogP contribution in [0.5, 0.6) is 0 Å². The Balaban J connectivity index is 1.83. The lowest BCUT2D eigenvalue weighted by atomic mass is 10.3. The molecule has 0 fully saturated rings. The van der Waals surface area contributed by atoms with Crippen molar-refractivity contribution in [1.82, 2.24) is 0 Å². The van der Waals surface area contributed by atoms with Crippen molar-refractivity contribution in [2.24, 2.45) is 0 Å². The lowest BCUT2D eigenvalue weighted by molar-refractivity contribution is 1.23. The molecule has 4 N–H and O–H groups in total. The first-order chi connectivity index (χ1) is 10.7. The molecule has 3 aromatic rings. The zero-order valence-electron chi connectivity index (χ0n) is 11.9. The molecule has 22 heavy (non-hydrogen) atoms. The van der Waals surface area contributed by atoms with Gasteiger partial charge in [-0.3, -0.25) is 0 Å². The topological polar surface area (TPSA) is 52.0 Å². The quantitative estimate of drug-likeness (QED) is 0.651. The minimum atomic E-state index is 0.786. The molecule has 3 aromatic carbocycles. The van der Waals surface area contributed by atoms with Crippen LogP contribution in [0.1, 0.15) is 0 Å². The van der Waals surface area contributed by atoms with E-state index in [1.54, 1.807) is 23.5 Å². The third kappa shape index (κ3) is 3.78. The Morgan fingerprint density at radius 1 is 0.500 bits per heavy atom. The summed E-state index contributed by atoms with van der Waals surface area (Å²) in [6.45, 7) is 0. The molecule has 0 bridgehead atoms. The highest BCUT2D eigenvalue weighted by Gasteiger charge is 2.06. The summed E-state index contributed by atoms with van der Waals surface area (Å²) < 4.78 is 0. The fourth-order valence-electron chi connectivity index (χ4n) is 1.94. The molecule has 0 saturated heterocycles. The molecular weight excluding hydrogens is 308 g/mol. The SMILES string of the molecule is Nc1ccc(Sc2ccccc2Sc2ccc(N)cc2)cc1. The lowest BCUT2D eigenvalue weighted by Crippen LogP contribution is -1.84. The minimum absolute atomic E-state index is 0.786. The fourth-order valence-corrected chi connectivity index (χ4v) is 3.88. The molecule has 110 valence electrons. The lowest BCUT2D eigenvalue weighted by Gasteiger charge is -2.09. The average molecular weight is 324 g/mol.